The summed E-state index contributed by atoms with van der Waals surface area (Å²) in [5.41, 5.74) is -0.319. The van der Waals surface area contributed by atoms with Crippen LogP contribution in [0.2, 0.25) is 0 Å². The number of aliphatic hydroxyl groups is 1. The zero-order valence-electron chi connectivity index (χ0n) is 42.0. The molecule has 1 unspecified atom stereocenters. The van der Waals surface area contributed by atoms with E-state index in [2.05, 4.69) is 0 Å². The van der Waals surface area contributed by atoms with E-state index in [9.17, 15) is 38.7 Å². The lowest BCUT2D eigenvalue weighted by atomic mass is 9.60. The van der Waals surface area contributed by atoms with Gasteiger partial charge in [-0.3, -0.25) is 28.9 Å². The van der Waals surface area contributed by atoms with E-state index < -0.39 is 121 Å². The molecule has 1 heterocycles. The Morgan fingerprint density at radius 1 is 0.743 bits per heavy atom. The first-order valence-electron chi connectivity index (χ1n) is 22.9. The Kier molecular flexibility index (Phi) is 17.5. The maximum Gasteiger partial charge on any atom is 0.413 e. The zero-order valence-corrected chi connectivity index (χ0v) is 42.0. The number of benzene rings is 2. The molecule has 0 spiro atoms. The second-order valence-corrected chi connectivity index (χ2v) is 19.1. The number of amides is 1. The number of methoxy groups -OCH3 is 1. The Morgan fingerprint density at radius 3 is 1.84 bits per heavy atom. The van der Waals surface area contributed by atoms with Crippen LogP contribution in [0.15, 0.2) is 88.7 Å². The predicted molar refractivity (Wildman–Crippen MR) is 249 cm³/mol. The van der Waals surface area contributed by atoms with Gasteiger partial charge in [-0.2, -0.15) is 0 Å². The smallest absolute Gasteiger partial charge is 0.413 e. The van der Waals surface area contributed by atoms with Gasteiger partial charge < -0.3 is 47.7 Å². The second kappa shape index (κ2) is 22.5. The number of nitrogens with zero attached hydrogens (tertiary/aromatic N) is 1. The average molecular weight is 976 g/mol. The molecule has 1 saturated heterocycles. The van der Waals surface area contributed by atoms with Crippen LogP contribution in [0.4, 0.5) is 4.79 Å². The first-order chi connectivity index (χ1) is 32.7. The molecule has 70 heavy (non-hydrogen) atoms. The molecule has 0 radical (unpaired) electrons. The van der Waals surface area contributed by atoms with Gasteiger partial charge in [0.25, 0.3) is 0 Å². The molecule has 18 heteroatoms. The summed E-state index contributed by atoms with van der Waals surface area (Å²) in [4.78, 5) is 94.8. The van der Waals surface area contributed by atoms with Crippen LogP contribution >= 0.6 is 0 Å². The summed E-state index contributed by atoms with van der Waals surface area (Å²) in [7, 11) is 1.51. The van der Waals surface area contributed by atoms with Gasteiger partial charge in [0.1, 0.15) is 42.3 Å². The van der Waals surface area contributed by atoms with E-state index in [1.807, 2.05) is 0 Å². The maximum absolute atomic E-state index is 14.8. The van der Waals surface area contributed by atoms with Gasteiger partial charge in [0.05, 0.1) is 13.2 Å². The van der Waals surface area contributed by atoms with Gasteiger partial charge in [-0.1, -0.05) is 56.3 Å². The highest BCUT2D eigenvalue weighted by molar-refractivity contribution is 5.79. The van der Waals surface area contributed by atoms with E-state index in [0.717, 1.165) is 20.8 Å². The van der Waals surface area contributed by atoms with Crippen LogP contribution < -0.4 is 4.74 Å². The summed E-state index contributed by atoms with van der Waals surface area (Å²) in [5.74, 6) is -5.30. The normalized spacial score (nSPS) is 27.5. The van der Waals surface area contributed by atoms with Gasteiger partial charge in [-0.05, 0) is 86.9 Å². The van der Waals surface area contributed by atoms with E-state index in [-0.39, 0.29) is 23.3 Å². The lowest BCUT2D eigenvalue weighted by Gasteiger charge is -2.48. The fraction of sp³-hybridized carbons (Fsp3) is 0.519. The Bertz CT molecular complexity index is 2390. The summed E-state index contributed by atoms with van der Waals surface area (Å²) in [6.07, 6.45) is -9.21. The Hall–Kier alpha value is -6.53. The van der Waals surface area contributed by atoms with Crippen molar-refractivity contribution in [3.63, 3.8) is 0 Å². The van der Waals surface area contributed by atoms with Crippen LogP contribution in [0, 0.1) is 11.3 Å². The Labute approximate surface area is 408 Å². The van der Waals surface area contributed by atoms with Gasteiger partial charge in [0.15, 0.2) is 24.2 Å². The lowest BCUT2D eigenvalue weighted by Crippen LogP contribution is -2.49. The van der Waals surface area contributed by atoms with Crippen molar-refractivity contribution in [1.82, 2.24) is 4.90 Å². The fourth-order valence-electron chi connectivity index (χ4n) is 9.34. The molecular weight excluding hydrogens is 911 g/mol. The van der Waals surface area contributed by atoms with Crippen molar-refractivity contribution in [2.75, 3.05) is 13.7 Å². The number of rotatable bonds is 11. The van der Waals surface area contributed by atoms with Crippen molar-refractivity contribution in [3.05, 3.63) is 99.9 Å². The minimum atomic E-state index is -1.65. The van der Waals surface area contributed by atoms with Crippen molar-refractivity contribution in [2.24, 2.45) is 11.3 Å². The van der Waals surface area contributed by atoms with Gasteiger partial charge >= 0.3 is 41.9 Å². The summed E-state index contributed by atoms with van der Waals surface area (Å²) < 4.78 is 53.3. The highest BCUT2D eigenvalue weighted by Gasteiger charge is 2.53. The highest BCUT2D eigenvalue weighted by Crippen LogP contribution is 2.52. The summed E-state index contributed by atoms with van der Waals surface area (Å²) >= 11 is 0. The quantitative estimate of drug-likeness (QED) is 0.133. The van der Waals surface area contributed by atoms with Crippen LogP contribution in [0.1, 0.15) is 119 Å². The molecule has 2 bridgehead atoms. The van der Waals surface area contributed by atoms with E-state index in [1.54, 1.807) is 96.1 Å². The summed E-state index contributed by atoms with van der Waals surface area (Å²) in [6, 6.07) is 14.3. The number of hydrogen-bond donors (Lipinski definition) is 1. The second-order valence-electron chi connectivity index (χ2n) is 19.1. The van der Waals surface area contributed by atoms with Crippen molar-refractivity contribution in [1.29, 1.82) is 0 Å². The maximum atomic E-state index is 14.8. The predicted octanol–water partition coefficient (Wildman–Crippen LogP) is 7.23. The molecule has 1 amide bonds. The molecule has 1 aliphatic heterocycles. The molecule has 1 fully saturated rings. The molecule has 0 aromatic heterocycles. The van der Waals surface area contributed by atoms with E-state index in [1.165, 1.54) is 38.9 Å². The molecule has 9 atom stereocenters. The van der Waals surface area contributed by atoms with E-state index >= 15 is 0 Å². The molecule has 18 nitrogen and oxygen atoms in total. The third kappa shape index (κ3) is 13.0. The molecule has 0 saturated carbocycles. The van der Waals surface area contributed by atoms with E-state index in [4.69, 9.17) is 42.6 Å². The highest BCUT2D eigenvalue weighted by atomic mass is 16.6. The monoisotopic (exact) mass is 975 g/mol. The minimum Gasteiger partial charge on any atom is -0.497 e. The van der Waals surface area contributed by atoms with Crippen LogP contribution in [0.25, 0.3) is 0 Å². The van der Waals surface area contributed by atoms with Gasteiger partial charge in [0.2, 0.25) is 0 Å². The molecule has 5 rings (SSSR count). The number of fused-ring (bicyclic) bond motifs is 2. The van der Waals surface area contributed by atoms with Gasteiger partial charge in [-0.25, -0.2) is 9.59 Å². The van der Waals surface area contributed by atoms with Crippen LogP contribution in [-0.2, 0) is 66.7 Å². The first-order valence-corrected chi connectivity index (χ1v) is 22.9. The number of esters is 6. The lowest BCUT2D eigenvalue weighted by molar-refractivity contribution is -0.157. The van der Waals surface area contributed by atoms with Crippen LogP contribution in [0.3, 0.4) is 0 Å². The molecule has 2 aromatic rings. The summed E-state index contributed by atoms with van der Waals surface area (Å²) in [5, 5.41) is 12.3. The van der Waals surface area contributed by atoms with Crippen molar-refractivity contribution >= 4 is 41.9 Å². The number of hydrogen-bond acceptors (Lipinski definition) is 17. The number of carbonyl (C=O) groups excluding carboxylic acids is 7. The van der Waals surface area contributed by atoms with Crippen LogP contribution in [-0.4, -0.2) is 108 Å². The molecule has 3 aliphatic rings. The number of aliphatic hydroxyl groups excluding tert-OH is 1. The van der Waals surface area contributed by atoms with E-state index in [0.29, 0.717) is 28.0 Å². The SMILES string of the molecule is COc1ccc(C2O[C@@H](C(=O)OC/C3=C\[C@H](OC(C)=O)[C@@H]4C[C@H](OC(C)=O)C(C)=C([C@@H](OC(C)=O)/C(OC(C)=O)=C(\C)[C@@H](OC(C)=O)C[C@@H]3O)C4(C)C)[C@H](c3ccccc3)N2C(=O)OC(C)(C)C)cc1. The zero-order chi connectivity index (χ0) is 52.0. The van der Waals surface area contributed by atoms with Crippen molar-refractivity contribution in [3.8, 4) is 5.75 Å². The van der Waals surface area contributed by atoms with Crippen LogP contribution in [0.5, 0.6) is 5.75 Å². The third-order valence-corrected chi connectivity index (χ3v) is 12.3. The van der Waals surface area contributed by atoms with Crippen molar-refractivity contribution < 1.29 is 81.3 Å². The number of carbonyl (C=O) groups is 7. The minimum absolute atomic E-state index is 0.0201. The molecule has 1 N–H and O–H groups in total. The Morgan fingerprint density at radius 2 is 1.31 bits per heavy atom. The molecule has 380 valence electrons. The van der Waals surface area contributed by atoms with Gasteiger partial charge in [0, 0.05) is 58.1 Å². The Balaban J connectivity index is 1.70. The molecular formula is C52H65NO17. The third-order valence-electron chi connectivity index (χ3n) is 12.3. The average Bonchev–Trinajstić information content (AvgIpc) is 3.67. The fourth-order valence-corrected chi connectivity index (χ4v) is 9.34. The summed E-state index contributed by atoms with van der Waals surface area (Å²) in [6.45, 7) is 17.0. The van der Waals surface area contributed by atoms with Gasteiger partial charge in [-0.15, -0.1) is 0 Å². The first kappa shape index (κ1) is 54.4. The standard InChI is InChI=1S/C52H65NO17/c1-27-40(64-29(3)54)24-38-42(66-31(5)56)23-36(39(59)25-41(65-30(4)55)28(2)45(67-32(6)57)46(68-33(7)58)43(27)52(38,11)12)26-63-49(60)47-44(34-17-15-14-16-18-34)53(50(61)70-51(8,9)10)48(69-47)35-19-21-37(62-13)22-20-35/h14-23,38-42,44,46-48,59H,24-26H2,1-13H3/b36-23+,45-28-/t38-,39-,40-,41-,42-,44-,46+,47+,48?/m0/s1. The molecule has 2 aromatic carbocycles. The largest absolute Gasteiger partial charge is 0.497 e. The van der Waals surface area contributed by atoms with Crippen molar-refractivity contribution in [2.45, 2.75) is 150 Å². The molecule has 2 aliphatic carbocycles. The topological polar surface area (TPSA) is 226 Å². The number of ether oxygens (including phenoxy) is 9.